The lowest BCUT2D eigenvalue weighted by Crippen LogP contribution is -2.09. The lowest BCUT2D eigenvalue weighted by atomic mass is 10.0. The molecule has 0 saturated carbocycles. The lowest BCUT2D eigenvalue weighted by molar-refractivity contribution is 0.451. The van der Waals surface area contributed by atoms with Crippen LogP contribution < -0.4 is 4.74 Å². The minimum Gasteiger partial charge on any atom is -0.453 e. The van der Waals surface area contributed by atoms with Crippen LogP contribution in [0.25, 0.3) is 0 Å². The second-order valence-electron chi connectivity index (χ2n) is 4.75. The molecule has 3 rings (SSSR count). The maximum Gasteiger partial charge on any atom is 0.153 e. The molecule has 0 spiro atoms. The number of ether oxygens (including phenoxy) is 1. The number of para-hydroxylation sites is 2. The average Bonchev–Trinajstić information content (AvgIpc) is 2.58. The Morgan fingerprint density at radius 3 is 2.72 bits per heavy atom. The van der Waals surface area contributed by atoms with Crippen LogP contribution in [0.3, 0.4) is 0 Å². The number of benzene rings is 1. The van der Waals surface area contributed by atoms with Crippen molar-refractivity contribution in [3.05, 3.63) is 59.9 Å². The molecule has 1 aromatic carbocycles. The third kappa shape index (κ3) is 1.90. The summed E-state index contributed by atoms with van der Waals surface area (Å²) in [4.78, 5) is 4.62. The van der Waals surface area contributed by atoms with Crippen LogP contribution in [0, 0.1) is 5.92 Å². The van der Waals surface area contributed by atoms with E-state index in [1.165, 1.54) is 5.57 Å². The number of hydrogen-bond donors (Lipinski definition) is 0. The molecule has 0 aromatic heterocycles. The molecule has 2 nitrogen and oxygen atoms in total. The topological polar surface area (TPSA) is 21.6 Å². The van der Waals surface area contributed by atoms with Gasteiger partial charge in [0.1, 0.15) is 11.4 Å². The standard InChI is InChI=1S/C16H15NO/c1-11(2)12-7-9-14-16(10-8-12)18-15-6-4-3-5-13(15)17-14/h3-11H,1-2H3. The van der Waals surface area contributed by atoms with Gasteiger partial charge in [-0.05, 0) is 35.8 Å². The highest BCUT2D eigenvalue weighted by molar-refractivity contribution is 6.10. The summed E-state index contributed by atoms with van der Waals surface area (Å²) in [5.74, 6) is 2.14. The van der Waals surface area contributed by atoms with Crippen molar-refractivity contribution in [3.8, 4) is 5.75 Å². The van der Waals surface area contributed by atoms with E-state index in [2.05, 4.69) is 31.0 Å². The van der Waals surface area contributed by atoms with Gasteiger partial charge in [0.05, 0.1) is 0 Å². The van der Waals surface area contributed by atoms with Gasteiger partial charge < -0.3 is 4.74 Å². The summed E-state index contributed by atoms with van der Waals surface area (Å²) in [5.41, 5.74) is 3.06. The highest BCUT2D eigenvalue weighted by Gasteiger charge is 2.17. The Hall–Kier alpha value is -2.09. The lowest BCUT2D eigenvalue weighted by Gasteiger charge is -2.16. The fourth-order valence-corrected chi connectivity index (χ4v) is 2.02. The van der Waals surface area contributed by atoms with Crippen molar-refractivity contribution in [2.45, 2.75) is 13.8 Å². The summed E-state index contributed by atoms with van der Waals surface area (Å²) >= 11 is 0. The smallest absolute Gasteiger partial charge is 0.153 e. The van der Waals surface area contributed by atoms with Crippen molar-refractivity contribution < 1.29 is 4.74 Å². The summed E-state index contributed by atoms with van der Waals surface area (Å²) in [6.07, 6.45) is 8.25. The molecule has 0 fully saturated rings. The zero-order valence-electron chi connectivity index (χ0n) is 10.6. The second kappa shape index (κ2) is 4.30. The summed E-state index contributed by atoms with van der Waals surface area (Å²) in [6, 6.07) is 7.84. The highest BCUT2D eigenvalue weighted by Crippen LogP contribution is 2.34. The van der Waals surface area contributed by atoms with Crippen LogP contribution in [-0.2, 0) is 0 Å². The molecule has 0 unspecified atom stereocenters. The van der Waals surface area contributed by atoms with Gasteiger partial charge in [0, 0.05) is 0 Å². The Balaban J connectivity index is 2.05. The molecule has 1 aromatic rings. The average molecular weight is 237 g/mol. The molecule has 2 heteroatoms. The molecule has 1 heterocycles. The van der Waals surface area contributed by atoms with Gasteiger partial charge in [-0.15, -0.1) is 0 Å². The minimum absolute atomic E-state index is 0.501. The Bertz CT molecular complexity index is 603. The van der Waals surface area contributed by atoms with Crippen LogP contribution in [0.4, 0.5) is 5.69 Å². The molecule has 1 aliphatic heterocycles. The molecule has 0 N–H and O–H groups in total. The third-order valence-corrected chi connectivity index (χ3v) is 3.11. The van der Waals surface area contributed by atoms with E-state index < -0.39 is 0 Å². The maximum atomic E-state index is 5.88. The van der Waals surface area contributed by atoms with Crippen molar-refractivity contribution in [1.82, 2.24) is 0 Å². The molecule has 0 radical (unpaired) electrons. The van der Waals surface area contributed by atoms with E-state index >= 15 is 0 Å². The molecule has 2 aliphatic rings. The molecular weight excluding hydrogens is 222 g/mol. The van der Waals surface area contributed by atoms with E-state index in [-0.39, 0.29) is 0 Å². The predicted molar refractivity (Wildman–Crippen MR) is 74.3 cm³/mol. The molecule has 1 aliphatic carbocycles. The third-order valence-electron chi connectivity index (χ3n) is 3.11. The molecule has 0 amide bonds. The Morgan fingerprint density at radius 2 is 1.89 bits per heavy atom. The summed E-state index contributed by atoms with van der Waals surface area (Å²) < 4.78 is 5.88. The van der Waals surface area contributed by atoms with Crippen molar-refractivity contribution in [1.29, 1.82) is 0 Å². The van der Waals surface area contributed by atoms with Gasteiger partial charge in [-0.1, -0.05) is 38.1 Å². The van der Waals surface area contributed by atoms with Gasteiger partial charge in [-0.3, -0.25) is 0 Å². The van der Waals surface area contributed by atoms with Crippen LogP contribution in [0.5, 0.6) is 5.75 Å². The molecule has 0 bridgehead atoms. The van der Waals surface area contributed by atoms with E-state index in [1.54, 1.807) is 0 Å². The Kier molecular flexibility index (Phi) is 2.63. The number of hydrogen-bond acceptors (Lipinski definition) is 2. The first-order valence-corrected chi connectivity index (χ1v) is 6.20. The first-order valence-electron chi connectivity index (χ1n) is 6.20. The Labute approximate surface area is 107 Å². The van der Waals surface area contributed by atoms with Crippen molar-refractivity contribution in [3.63, 3.8) is 0 Å². The number of nitrogens with zero attached hydrogens (tertiary/aromatic N) is 1. The Morgan fingerprint density at radius 1 is 1.06 bits per heavy atom. The largest absolute Gasteiger partial charge is 0.453 e. The van der Waals surface area contributed by atoms with Crippen molar-refractivity contribution in [2.75, 3.05) is 0 Å². The molecular formula is C16H15NO. The molecule has 0 atom stereocenters. The van der Waals surface area contributed by atoms with E-state index in [0.29, 0.717) is 5.92 Å². The highest BCUT2D eigenvalue weighted by atomic mass is 16.5. The molecule has 90 valence electrons. The number of aliphatic imine (C=N–C) groups is 1. The van der Waals surface area contributed by atoms with Crippen molar-refractivity contribution in [2.24, 2.45) is 10.9 Å². The SMILES string of the molecule is CC(C)C1=CC=C2Oc3ccccc3N=C2C=C1. The van der Waals surface area contributed by atoms with Crippen LogP contribution in [0.1, 0.15) is 13.8 Å². The normalized spacial score (nSPS) is 16.9. The van der Waals surface area contributed by atoms with Gasteiger partial charge in [-0.25, -0.2) is 4.99 Å². The predicted octanol–water partition coefficient (Wildman–Crippen LogP) is 4.19. The van der Waals surface area contributed by atoms with Gasteiger partial charge in [0.15, 0.2) is 11.5 Å². The summed E-state index contributed by atoms with van der Waals surface area (Å²) in [6.45, 7) is 4.36. The summed E-state index contributed by atoms with van der Waals surface area (Å²) in [7, 11) is 0. The number of rotatable bonds is 1. The zero-order valence-corrected chi connectivity index (χ0v) is 10.6. The number of allylic oxidation sites excluding steroid dienone is 5. The second-order valence-corrected chi connectivity index (χ2v) is 4.75. The van der Waals surface area contributed by atoms with E-state index in [1.807, 2.05) is 36.4 Å². The van der Waals surface area contributed by atoms with E-state index in [4.69, 9.17) is 4.74 Å². The quantitative estimate of drug-likeness (QED) is 0.717. The fraction of sp³-hybridized carbons (Fsp3) is 0.188. The fourth-order valence-electron chi connectivity index (χ4n) is 2.02. The van der Waals surface area contributed by atoms with Crippen molar-refractivity contribution >= 4 is 11.4 Å². The monoisotopic (exact) mass is 237 g/mol. The number of fused-ring (bicyclic) bond motifs is 2. The van der Waals surface area contributed by atoms with Gasteiger partial charge >= 0.3 is 0 Å². The van der Waals surface area contributed by atoms with Crippen LogP contribution in [-0.4, -0.2) is 5.71 Å². The van der Waals surface area contributed by atoms with Gasteiger partial charge in [-0.2, -0.15) is 0 Å². The van der Waals surface area contributed by atoms with E-state index in [0.717, 1.165) is 22.9 Å². The van der Waals surface area contributed by atoms with Gasteiger partial charge in [0.2, 0.25) is 0 Å². The van der Waals surface area contributed by atoms with Gasteiger partial charge in [0.25, 0.3) is 0 Å². The first kappa shape index (κ1) is 11.0. The molecule has 18 heavy (non-hydrogen) atoms. The van der Waals surface area contributed by atoms with Crippen LogP contribution in [0.2, 0.25) is 0 Å². The first-order chi connectivity index (χ1) is 8.74. The molecule has 0 saturated heterocycles. The van der Waals surface area contributed by atoms with Crippen LogP contribution >= 0.6 is 0 Å². The van der Waals surface area contributed by atoms with E-state index in [9.17, 15) is 0 Å². The maximum absolute atomic E-state index is 5.88. The summed E-state index contributed by atoms with van der Waals surface area (Å²) in [5, 5.41) is 0. The zero-order chi connectivity index (χ0) is 12.5. The van der Waals surface area contributed by atoms with Crippen LogP contribution in [0.15, 0.2) is 64.9 Å². The minimum atomic E-state index is 0.501.